The fourth-order valence-electron chi connectivity index (χ4n) is 4.47. The molecule has 1 atom stereocenters. The summed E-state index contributed by atoms with van der Waals surface area (Å²) in [7, 11) is 0. The molecule has 2 aliphatic rings. The number of hydrogen-bond acceptors (Lipinski definition) is 5. The lowest BCUT2D eigenvalue weighted by atomic mass is 9.92. The van der Waals surface area contributed by atoms with E-state index in [-0.39, 0.29) is 11.8 Å². The zero-order chi connectivity index (χ0) is 21.6. The van der Waals surface area contributed by atoms with E-state index in [9.17, 15) is 9.59 Å². The number of likely N-dealkylation sites (tertiary alicyclic amines) is 1. The highest BCUT2D eigenvalue weighted by Crippen LogP contribution is 2.23. The van der Waals surface area contributed by atoms with E-state index in [0.29, 0.717) is 17.9 Å². The van der Waals surface area contributed by atoms with E-state index in [1.807, 2.05) is 47.1 Å². The molecule has 0 spiro atoms. The van der Waals surface area contributed by atoms with Gasteiger partial charge in [0.1, 0.15) is 5.82 Å². The predicted octanol–water partition coefficient (Wildman–Crippen LogP) is 2.77. The van der Waals surface area contributed by atoms with Crippen LogP contribution in [0.1, 0.15) is 41.7 Å². The fraction of sp³-hybridized carbons (Fsp3) is 0.500. The molecule has 31 heavy (non-hydrogen) atoms. The maximum atomic E-state index is 12.8. The molecular weight excluding hydrogens is 390 g/mol. The smallest absolute Gasteiger partial charge is 0.255 e. The van der Waals surface area contributed by atoms with Crippen molar-refractivity contribution in [2.24, 2.45) is 5.92 Å². The average molecular weight is 422 g/mol. The van der Waals surface area contributed by atoms with Crippen molar-refractivity contribution >= 4 is 17.6 Å². The number of anilines is 1. The first-order valence-corrected chi connectivity index (χ1v) is 11.3. The van der Waals surface area contributed by atoms with E-state index in [2.05, 4.69) is 14.9 Å². The van der Waals surface area contributed by atoms with Crippen molar-refractivity contribution < 1.29 is 9.59 Å². The van der Waals surface area contributed by atoms with Gasteiger partial charge in [-0.3, -0.25) is 14.6 Å². The molecule has 2 fully saturated rings. The topological polar surface area (TPSA) is 69.6 Å². The van der Waals surface area contributed by atoms with Gasteiger partial charge in [-0.25, -0.2) is 4.98 Å². The van der Waals surface area contributed by atoms with Crippen molar-refractivity contribution in [3.63, 3.8) is 0 Å². The SMILES string of the molecule is Cc1ccc(C(=O)N2CCC[C@@H](CCC(=O)N3CCN(c4ccccn4)CC3)C2)cn1. The lowest BCUT2D eigenvalue weighted by molar-refractivity contribution is -0.131. The summed E-state index contributed by atoms with van der Waals surface area (Å²) in [6.45, 7) is 6.55. The van der Waals surface area contributed by atoms with E-state index in [1.165, 1.54) is 0 Å². The Hall–Kier alpha value is -2.96. The van der Waals surface area contributed by atoms with E-state index in [1.54, 1.807) is 12.4 Å². The third-order valence-electron chi connectivity index (χ3n) is 6.34. The van der Waals surface area contributed by atoms with Crippen LogP contribution in [0.25, 0.3) is 0 Å². The minimum Gasteiger partial charge on any atom is -0.353 e. The van der Waals surface area contributed by atoms with Crippen LogP contribution in [0.2, 0.25) is 0 Å². The average Bonchev–Trinajstić information content (AvgIpc) is 2.83. The summed E-state index contributed by atoms with van der Waals surface area (Å²) in [6, 6.07) is 9.65. The maximum Gasteiger partial charge on any atom is 0.255 e. The number of carbonyl (C=O) groups excluding carboxylic acids is 2. The number of piperidine rings is 1. The standard InChI is InChI=1S/C24H31N5O2/c1-19-7-9-21(17-26-19)24(31)29-12-4-5-20(18-29)8-10-23(30)28-15-13-27(14-16-28)22-6-2-3-11-25-22/h2-3,6-7,9,11,17,20H,4-5,8,10,12-16,18H2,1H3/t20-/m0/s1. The van der Waals surface area contributed by atoms with Crippen LogP contribution in [0, 0.1) is 12.8 Å². The predicted molar refractivity (Wildman–Crippen MR) is 120 cm³/mol. The number of rotatable bonds is 5. The van der Waals surface area contributed by atoms with E-state index in [4.69, 9.17) is 0 Å². The van der Waals surface area contributed by atoms with E-state index < -0.39 is 0 Å². The lowest BCUT2D eigenvalue weighted by Crippen LogP contribution is -2.49. The summed E-state index contributed by atoms with van der Waals surface area (Å²) in [6.07, 6.45) is 6.94. The second kappa shape index (κ2) is 9.90. The lowest BCUT2D eigenvalue weighted by Gasteiger charge is -2.36. The van der Waals surface area contributed by atoms with Gasteiger partial charge in [-0.05, 0) is 56.4 Å². The van der Waals surface area contributed by atoms with Crippen molar-refractivity contribution in [2.45, 2.75) is 32.6 Å². The Morgan fingerprint density at radius 3 is 2.55 bits per heavy atom. The Bertz CT molecular complexity index is 879. The van der Waals surface area contributed by atoms with Gasteiger partial charge in [0, 0.05) is 63.8 Å². The van der Waals surface area contributed by atoms with Crippen molar-refractivity contribution in [1.29, 1.82) is 0 Å². The maximum absolute atomic E-state index is 12.8. The highest BCUT2D eigenvalue weighted by molar-refractivity contribution is 5.94. The van der Waals surface area contributed by atoms with Crippen molar-refractivity contribution in [3.8, 4) is 0 Å². The Morgan fingerprint density at radius 2 is 1.84 bits per heavy atom. The first-order chi connectivity index (χ1) is 15.1. The molecule has 2 amide bonds. The molecule has 2 aromatic heterocycles. The van der Waals surface area contributed by atoms with Crippen LogP contribution in [0.3, 0.4) is 0 Å². The molecule has 0 radical (unpaired) electrons. The van der Waals surface area contributed by atoms with Crippen molar-refractivity contribution in [3.05, 3.63) is 54.0 Å². The summed E-state index contributed by atoms with van der Waals surface area (Å²) >= 11 is 0. The summed E-state index contributed by atoms with van der Waals surface area (Å²) in [5, 5.41) is 0. The van der Waals surface area contributed by atoms with Crippen LogP contribution in [0.4, 0.5) is 5.82 Å². The molecule has 0 N–H and O–H groups in total. The molecule has 4 rings (SSSR count). The van der Waals surface area contributed by atoms with Crippen LogP contribution in [-0.2, 0) is 4.79 Å². The number of aromatic nitrogens is 2. The van der Waals surface area contributed by atoms with Gasteiger partial charge in [-0.2, -0.15) is 0 Å². The van der Waals surface area contributed by atoms with Gasteiger partial charge in [0.05, 0.1) is 5.56 Å². The van der Waals surface area contributed by atoms with Crippen LogP contribution in [-0.4, -0.2) is 70.9 Å². The number of amides is 2. The highest BCUT2D eigenvalue weighted by Gasteiger charge is 2.27. The molecule has 4 heterocycles. The van der Waals surface area contributed by atoms with Crippen molar-refractivity contribution in [2.75, 3.05) is 44.2 Å². The molecule has 2 saturated heterocycles. The Morgan fingerprint density at radius 1 is 1.00 bits per heavy atom. The summed E-state index contributed by atoms with van der Waals surface area (Å²) in [5.74, 6) is 1.64. The number of nitrogens with zero attached hydrogens (tertiary/aromatic N) is 5. The molecule has 164 valence electrons. The monoisotopic (exact) mass is 421 g/mol. The molecular formula is C24H31N5O2. The minimum atomic E-state index is 0.0502. The van der Waals surface area contributed by atoms with Crippen molar-refractivity contribution in [1.82, 2.24) is 19.8 Å². The number of pyridine rings is 2. The van der Waals surface area contributed by atoms with Gasteiger partial charge < -0.3 is 14.7 Å². The zero-order valence-electron chi connectivity index (χ0n) is 18.2. The second-order valence-corrected chi connectivity index (χ2v) is 8.54. The zero-order valence-corrected chi connectivity index (χ0v) is 18.2. The molecule has 0 aromatic carbocycles. The summed E-state index contributed by atoms with van der Waals surface area (Å²) in [5.41, 5.74) is 1.56. The van der Waals surface area contributed by atoms with Crippen LogP contribution in [0.15, 0.2) is 42.7 Å². The summed E-state index contributed by atoms with van der Waals surface area (Å²) < 4.78 is 0. The Balaban J connectivity index is 1.23. The molecule has 7 nitrogen and oxygen atoms in total. The molecule has 0 bridgehead atoms. The number of hydrogen-bond donors (Lipinski definition) is 0. The van der Waals surface area contributed by atoms with Crippen LogP contribution >= 0.6 is 0 Å². The Kier molecular flexibility index (Phi) is 6.79. The van der Waals surface area contributed by atoms with Gasteiger partial charge >= 0.3 is 0 Å². The summed E-state index contributed by atoms with van der Waals surface area (Å²) in [4.78, 5) is 40.3. The molecule has 7 heteroatoms. The molecule has 0 saturated carbocycles. The minimum absolute atomic E-state index is 0.0502. The van der Waals surface area contributed by atoms with Crippen LogP contribution in [0.5, 0.6) is 0 Å². The molecule has 2 aliphatic heterocycles. The fourth-order valence-corrected chi connectivity index (χ4v) is 4.47. The molecule has 2 aromatic rings. The molecule has 0 aliphatic carbocycles. The van der Waals surface area contributed by atoms with Gasteiger partial charge in [-0.15, -0.1) is 0 Å². The van der Waals surface area contributed by atoms with Crippen LogP contribution < -0.4 is 4.90 Å². The van der Waals surface area contributed by atoms with Gasteiger partial charge in [0.2, 0.25) is 5.91 Å². The van der Waals surface area contributed by atoms with E-state index >= 15 is 0 Å². The largest absolute Gasteiger partial charge is 0.353 e. The van der Waals surface area contributed by atoms with Gasteiger partial charge in [0.25, 0.3) is 5.91 Å². The second-order valence-electron chi connectivity index (χ2n) is 8.54. The number of carbonyl (C=O) groups is 2. The van der Waals surface area contributed by atoms with E-state index in [0.717, 1.165) is 70.0 Å². The normalized spacial score (nSPS) is 19.4. The number of aryl methyl sites for hydroxylation is 1. The highest BCUT2D eigenvalue weighted by atomic mass is 16.2. The third kappa shape index (κ3) is 5.40. The quantitative estimate of drug-likeness (QED) is 0.743. The first-order valence-electron chi connectivity index (χ1n) is 11.3. The van der Waals surface area contributed by atoms with Gasteiger partial charge in [0.15, 0.2) is 0 Å². The molecule has 0 unspecified atom stereocenters. The number of piperazine rings is 1. The Labute approximate surface area is 184 Å². The first kappa shape index (κ1) is 21.3. The third-order valence-corrected chi connectivity index (χ3v) is 6.34. The van der Waals surface area contributed by atoms with Gasteiger partial charge in [-0.1, -0.05) is 6.07 Å².